The molecule has 2 saturated heterocycles. The lowest BCUT2D eigenvalue weighted by Crippen LogP contribution is -2.39. The van der Waals surface area contributed by atoms with Crippen LogP contribution in [0.4, 0.5) is 9.80 Å². The Morgan fingerprint density at radius 1 is 1.27 bits per heavy atom. The van der Waals surface area contributed by atoms with Crippen LogP contribution in [0.15, 0.2) is 0 Å². The van der Waals surface area contributed by atoms with E-state index in [1.165, 1.54) is 0 Å². The van der Waals surface area contributed by atoms with Crippen molar-refractivity contribution in [3.8, 4) is 0 Å². The van der Waals surface area contributed by atoms with Crippen LogP contribution in [0.3, 0.4) is 0 Å². The predicted octanol–water partition coefficient (Wildman–Crippen LogP) is 4.48. The lowest BCUT2D eigenvalue weighted by atomic mass is 10.00. The molecule has 168 valence electrons. The summed E-state index contributed by atoms with van der Waals surface area (Å²) in [5, 5.41) is 11.0. The van der Waals surface area contributed by atoms with Crippen LogP contribution in [0, 0.1) is 6.92 Å². The third-order valence-corrected chi connectivity index (χ3v) is 7.30. The van der Waals surface area contributed by atoms with Gasteiger partial charge in [0.05, 0.1) is 10.6 Å². The minimum Gasteiger partial charge on any atom is -0.478 e. The van der Waals surface area contributed by atoms with E-state index in [0.717, 1.165) is 54.5 Å². The number of hydrogen-bond acceptors (Lipinski definition) is 6. The van der Waals surface area contributed by atoms with Crippen molar-refractivity contribution in [3.05, 3.63) is 16.0 Å². The summed E-state index contributed by atoms with van der Waals surface area (Å²) in [7, 11) is 0. The van der Waals surface area contributed by atoms with E-state index in [2.05, 4.69) is 11.8 Å². The summed E-state index contributed by atoms with van der Waals surface area (Å²) in [5.41, 5.74) is 0.711. The Balaban J connectivity index is 1.85. The molecule has 3 rings (SSSR count). The van der Waals surface area contributed by atoms with Crippen molar-refractivity contribution in [2.75, 3.05) is 37.7 Å². The zero-order valence-electron chi connectivity index (χ0n) is 18.7. The fraction of sp³-hybridized carbons (Fsp3) is 0.727. The molecule has 1 N–H and O–H groups in total. The van der Waals surface area contributed by atoms with Crippen LogP contribution in [-0.4, -0.2) is 66.6 Å². The number of rotatable bonds is 5. The summed E-state index contributed by atoms with van der Waals surface area (Å²) in [6.07, 6.45) is 2.34. The first-order chi connectivity index (χ1) is 14.1. The highest BCUT2D eigenvalue weighted by Crippen LogP contribution is 2.44. The maximum atomic E-state index is 12.5. The van der Waals surface area contributed by atoms with Gasteiger partial charge in [-0.05, 0) is 59.4 Å². The number of carboxylic acid groups (broad SMARTS) is 1. The van der Waals surface area contributed by atoms with Crippen molar-refractivity contribution in [2.45, 2.75) is 71.4 Å². The molecule has 30 heavy (non-hydrogen) atoms. The summed E-state index contributed by atoms with van der Waals surface area (Å²) >= 11 is 1.59. The highest BCUT2D eigenvalue weighted by Gasteiger charge is 2.36. The smallest absolute Gasteiger partial charge is 0.410 e. The summed E-state index contributed by atoms with van der Waals surface area (Å²) < 4.78 is 11.0. The second-order valence-electron chi connectivity index (χ2n) is 9.12. The number of likely N-dealkylation sites (tertiary alicyclic amines) is 1. The SMILES string of the molecule is CCN(c1sc(C2CCN(C(=O)OC(C)(C)C)C2)c(C(=O)O)c1C)C1CCOCC1. The van der Waals surface area contributed by atoms with Gasteiger partial charge in [0.2, 0.25) is 0 Å². The van der Waals surface area contributed by atoms with Gasteiger partial charge in [-0.3, -0.25) is 0 Å². The van der Waals surface area contributed by atoms with Gasteiger partial charge in [-0.2, -0.15) is 0 Å². The molecule has 0 aliphatic carbocycles. The Morgan fingerprint density at radius 3 is 2.50 bits per heavy atom. The zero-order chi connectivity index (χ0) is 22.1. The molecule has 1 aromatic rings. The number of carboxylic acids is 1. The number of carbonyl (C=O) groups is 2. The number of ether oxygens (including phenoxy) is 2. The van der Waals surface area contributed by atoms with Gasteiger partial charge in [0.1, 0.15) is 5.60 Å². The van der Waals surface area contributed by atoms with Gasteiger partial charge in [0.15, 0.2) is 0 Å². The quantitative estimate of drug-likeness (QED) is 0.730. The molecule has 0 spiro atoms. The van der Waals surface area contributed by atoms with E-state index in [9.17, 15) is 14.7 Å². The average Bonchev–Trinajstić information content (AvgIpc) is 3.27. The van der Waals surface area contributed by atoms with Gasteiger partial charge in [0, 0.05) is 49.7 Å². The van der Waals surface area contributed by atoms with Crippen molar-refractivity contribution in [3.63, 3.8) is 0 Å². The molecule has 1 atom stereocenters. The van der Waals surface area contributed by atoms with Gasteiger partial charge in [-0.15, -0.1) is 11.3 Å². The molecule has 7 nitrogen and oxygen atoms in total. The third-order valence-electron chi connectivity index (χ3n) is 5.81. The number of carbonyl (C=O) groups excluding carboxylic acids is 1. The van der Waals surface area contributed by atoms with Gasteiger partial charge in [0.25, 0.3) is 0 Å². The standard InChI is InChI=1S/C22H34N2O5S/c1-6-24(16-8-11-28-12-9-16)19-14(2)17(20(25)26)18(30-19)15-7-10-23(13-15)21(27)29-22(3,4)5/h15-16H,6-13H2,1-5H3,(H,25,26). The first-order valence-corrected chi connectivity index (χ1v) is 11.6. The molecule has 0 radical (unpaired) electrons. The van der Waals surface area contributed by atoms with Crippen molar-refractivity contribution in [2.24, 2.45) is 0 Å². The molecule has 8 heteroatoms. The van der Waals surface area contributed by atoms with Crippen molar-refractivity contribution < 1.29 is 24.2 Å². The minimum absolute atomic E-state index is 0.0227. The molecule has 0 aromatic carbocycles. The lowest BCUT2D eigenvalue weighted by molar-refractivity contribution is 0.0292. The fourth-order valence-electron chi connectivity index (χ4n) is 4.38. The summed E-state index contributed by atoms with van der Waals surface area (Å²) in [5.74, 6) is -0.863. The molecule has 3 heterocycles. The number of thiophene rings is 1. The molecular formula is C22H34N2O5S. The molecule has 2 aliphatic heterocycles. The Hall–Kier alpha value is -1.80. The minimum atomic E-state index is -0.885. The Bertz CT molecular complexity index is 779. The van der Waals surface area contributed by atoms with Crippen molar-refractivity contribution in [1.29, 1.82) is 0 Å². The van der Waals surface area contributed by atoms with E-state index >= 15 is 0 Å². The monoisotopic (exact) mass is 438 g/mol. The Morgan fingerprint density at radius 2 is 1.93 bits per heavy atom. The highest BCUT2D eigenvalue weighted by atomic mass is 32.1. The van der Waals surface area contributed by atoms with E-state index in [-0.39, 0.29) is 12.0 Å². The maximum absolute atomic E-state index is 12.5. The van der Waals surface area contributed by atoms with Crippen LogP contribution < -0.4 is 4.90 Å². The molecule has 2 fully saturated rings. The average molecular weight is 439 g/mol. The predicted molar refractivity (Wildman–Crippen MR) is 118 cm³/mol. The van der Waals surface area contributed by atoms with E-state index in [0.29, 0.717) is 24.7 Å². The van der Waals surface area contributed by atoms with Gasteiger partial charge >= 0.3 is 12.1 Å². The van der Waals surface area contributed by atoms with Gasteiger partial charge < -0.3 is 24.4 Å². The number of hydrogen-bond donors (Lipinski definition) is 1. The molecule has 0 bridgehead atoms. The van der Waals surface area contributed by atoms with Crippen LogP contribution in [0.25, 0.3) is 0 Å². The normalized spacial score (nSPS) is 20.4. The van der Waals surface area contributed by atoms with Crippen LogP contribution in [0.1, 0.15) is 73.7 Å². The number of anilines is 1. The Kier molecular flexibility index (Phi) is 6.97. The summed E-state index contributed by atoms with van der Waals surface area (Å²) in [4.78, 5) is 29.6. The van der Waals surface area contributed by atoms with Gasteiger partial charge in [-0.1, -0.05) is 0 Å². The Labute approximate surface area is 182 Å². The number of aromatic carboxylic acids is 1. The largest absolute Gasteiger partial charge is 0.478 e. The number of amides is 1. The maximum Gasteiger partial charge on any atom is 0.410 e. The highest BCUT2D eigenvalue weighted by molar-refractivity contribution is 7.16. The number of nitrogens with zero attached hydrogens (tertiary/aromatic N) is 2. The first-order valence-electron chi connectivity index (χ1n) is 10.8. The molecular weight excluding hydrogens is 404 g/mol. The van der Waals surface area contributed by atoms with Crippen LogP contribution in [-0.2, 0) is 9.47 Å². The lowest BCUT2D eigenvalue weighted by Gasteiger charge is -2.34. The summed E-state index contributed by atoms with van der Waals surface area (Å²) in [6.45, 7) is 13.0. The topological polar surface area (TPSA) is 79.3 Å². The molecule has 1 aromatic heterocycles. The van der Waals surface area contributed by atoms with E-state index in [1.54, 1.807) is 16.2 Å². The van der Waals surface area contributed by atoms with E-state index < -0.39 is 11.6 Å². The summed E-state index contributed by atoms with van der Waals surface area (Å²) in [6, 6.07) is 0.373. The van der Waals surface area contributed by atoms with Crippen molar-refractivity contribution in [1.82, 2.24) is 4.90 Å². The molecule has 1 amide bonds. The molecule has 2 aliphatic rings. The second-order valence-corrected chi connectivity index (χ2v) is 10.1. The first kappa shape index (κ1) is 22.9. The van der Waals surface area contributed by atoms with Crippen LogP contribution >= 0.6 is 11.3 Å². The van der Waals surface area contributed by atoms with E-state index in [4.69, 9.17) is 9.47 Å². The van der Waals surface area contributed by atoms with Gasteiger partial charge in [-0.25, -0.2) is 9.59 Å². The van der Waals surface area contributed by atoms with Crippen molar-refractivity contribution >= 4 is 28.4 Å². The van der Waals surface area contributed by atoms with Crippen LogP contribution in [0.5, 0.6) is 0 Å². The molecule has 0 saturated carbocycles. The van der Waals surface area contributed by atoms with E-state index in [1.807, 2.05) is 27.7 Å². The fourth-order valence-corrected chi connectivity index (χ4v) is 5.94. The third kappa shape index (κ3) is 4.91. The molecule has 1 unspecified atom stereocenters. The van der Waals surface area contributed by atoms with Crippen LogP contribution in [0.2, 0.25) is 0 Å². The second kappa shape index (κ2) is 9.14. The zero-order valence-corrected chi connectivity index (χ0v) is 19.5.